The molecule has 2 atom stereocenters. The highest BCUT2D eigenvalue weighted by Crippen LogP contribution is 2.27. The summed E-state index contributed by atoms with van der Waals surface area (Å²) in [4.78, 5) is 7.89. The average molecular weight is 226 g/mol. The van der Waals surface area contributed by atoms with Crippen LogP contribution >= 0.6 is 0 Å². The van der Waals surface area contributed by atoms with E-state index in [0.717, 1.165) is 0 Å². The highest BCUT2D eigenvalue weighted by Gasteiger charge is 2.15. The first-order valence-corrected chi connectivity index (χ1v) is 5.12. The number of aromatic nitrogens is 2. The molecule has 0 saturated heterocycles. The number of methoxy groups -OCH3 is 1. The van der Waals surface area contributed by atoms with Crippen molar-refractivity contribution >= 4 is 11.6 Å². The Hall–Kier alpha value is -1.56. The van der Waals surface area contributed by atoms with Gasteiger partial charge < -0.3 is 20.9 Å². The van der Waals surface area contributed by atoms with E-state index >= 15 is 0 Å². The molecule has 2 unspecified atom stereocenters. The Labute approximate surface area is 94.9 Å². The molecule has 6 nitrogen and oxygen atoms in total. The van der Waals surface area contributed by atoms with Crippen LogP contribution in [-0.4, -0.2) is 34.8 Å². The monoisotopic (exact) mass is 226 g/mol. The van der Waals surface area contributed by atoms with Gasteiger partial charge in [0.2, 0.25) is 5.75 Å². The molecule has 0 amide bonds. The molecule has 0 saturated carbocycles. The molecule has 1 rings (SSSR count). The second-order valence-electron chi connectivity index (χ2n) is 3.73. The zero-order chi connectivity index (χ0) is 12.1. The number of nitrogens with two attached hydrogens (primary N) is 1. The molecule has 0 spiro atoms. The molecule has 0 radical (unpaired) electrons. The van der Waals surface area contributed by atoms with Crippen LogP contribution in [0.5, 0.6) is 5.75 Å². The molecular formula is C10H18N4O2. The maximum absolute atomic E-state index is 9.04. The Morgan fingerprint density at radius 3 is 2.75 bits per heavy atom. The van der Waals surface area contributed by atoms with E-state index in [1.54, 1.807) is 0 Å². The fourth-order valence-electron chi connectivity index (χ4n) is 1.21. The smallest absolute Gasteiger partial charge is 0.203 e. The van der Waals surface area contributed by atoms with E-state index in [9.17, 15) is 0 Å². The van der Waals surface area contributed by atoms with Crippen LogP contribution < -0.4 is 15.8 Å². The fourth-order valence-corrected chi connectivity index (χ4v) is 1.21. The minimum Gasteiger partial charge on any atom is -0.490 e. The zero-order valence-electron chi connectivity index (χ0n) is 9.77. The van der Waals surface area contributed by atoms with Crippen molar-refractivity contribution in [3.8, 4) is 5.75 Å². The second-order valence-corrected chi connectivity index (χ2v) is 3.73. The van der Waals surface area contributed by atoms with Gasteiger partial charge in [-0.2, -0.15) is 0 Å². The Morgan fingerprint density at radius 1 is 1.50 bits per heavy atom. The first-order chi connectivity index (χ1) is 7.60. The van der Waals surface area contributed by atoms with Crippen LogP contribution in [0.2, 0.25) is 0 Å². The molecule has 16 heavy (non-hydrogen) atoms. The number of hydrogen-bond acceptors (Lipinski definition) is 6. The van der Waals surface area contributed by atoms with Crippen molar-refractivity contribution in [2.45, 2.75) is 19.9 Å². The number of rotatable bonds is 5. The number of nitrogen functional groups attached to an aromatic ring is 1. The summed E-state index contributed by atoms with van der Waals surface area (Å²) < 4.78 is 5.12. The third kappa shape index (κ3) is 2.73. The average Bonchev–Trinajstić information content (AvgIpc) is 2.28. The van der Waals surface area contributed by atoms with Gasteiger partial charge in [0.25, 0.3) is 0 Å². The Morgan fingerprint density at radius 2 is 2.19 bits per heavy atom. The van der Waals surface area contributed by atoms with Crippen LogP contribution in [0.25, 0.3) is 0 Å². The SMILES string of the molecule is COc1c(N)ncnc1NC(C)C(C)CO. The van der Waals surface area contributed by atoms with Gasteiger partial charge in [-0.05, 0) is 12.8 Å². The molecule has 0 aliphatic rings. The van der Waals surface area contributed by atoms with Gasteiger partial charge in [-0.15, -0.1) is 0 Å². The largest absolute Gasteiger partial charge is 0.490 e. The lowest BCUT2D eigenvalue weighted by Gasteiger charge is -2.21. The van der Waals surface area contributed by atoms with Crippen LogP contribution in [-0.2, 0) is 0 Å². The summed E-state index contributed by atoms with van der Waals surface area (Å²) in [6.45, 7) is 4.00. The molecule has 0 aromatic carbocycles. The molecule has 0 aliphatic carbocycles. The number of hydrogen-bond donors (Lipinski definition) is 3. The number of anilines is 2. The third-order valence-electron chi connectivity index (χ3n) is 2.54. The lowest BCUT2D eigenvalue weighted by molar-refractivity contribution is 0.226. The van der Waals surface area contributed by atoms with Crippen molar-refractivity contribution in [2.75, 3.05) is 24.8 Å². The standard InChI is InChI=1S/C10H18N4O2/c1-6(4-15)7(2)14-10-8(16-3)9(11)12-5-13-10/h5-7,15H,4H2,1-3H3,(H3,11,12,13,14). The lowest BCUT2D eigenvalue weighted by Crippen LogP contribution is -2.27. The van der Waals surface area contributed by atoms with E-state index in [0.29, 0.717) is 17.4 Å². The van der Waals surface area contributed by atoms with E-state index in [1.807, 2.05) is 13.8 Å². The molecular weight excluding hydrogens is 208 g/mol. The van der Waals surface area contributed by atoms with Gasteiger partial charge in [0, 0.05) is 12.6 Å². The normalized spacial score (nSPS) is 14.2. The molecule has 90 valence electrons. The number of aliphatic hydroxyl groups is 1. The van der Waals surface area contributed by atoms with Crippen LogP contribution in [0.3, 0.4) is 0 Å². The quantitative estimate of drug-likeness (QED) is 0.676. The van der Waals surface area contributed by atoms with Crippen LogP contribution in [0.1, 0.15) is 13.8 Å². The number of aliphatic hydroxyl groups excluding tert-OH is 1. The molecule has 1 heterocycles. The zero-order valence-corrected chi connectivity index (χ0v) is 9.77. The van der Waals surface area contributed by atoms with Crippen LogP contribution in [0.15, 0.2) is 6.33 Å². The number of nitrogens with zero attached hydrogens (tertiary/aromatic N) is 2. The molecule has 4 N–H and O–H groups in total. The Bertz CT molecular complexity index is 346. The van der Waals surface area contributed by atoms with Crippen molar-refractivity contribution < 1.29 is 9.84 Å². The Balaban J connectivity index is 2.84. The molecule has 0 fully saturated rings. The van der Waals surface area contributed by atoms with E-state index in [4.69, 9.17) is 15.6 Å². The molecule has 1 aromatic heterocycles. The summed E-state index contributed by atoms with van der Waals surface area (Å²) in [6, 6.07) is 0.0631. The van der Waals surface area contributed by atoms with E-state index in [-0.39, 0.29) is 18.6 Å². The van der Waals surface area contributed by atoms with E-state index in [2.05, 4.69) is 15.3 Å². The maximum Gasteiger partial charge on any atom is 0.203 e. The minimum atomic E-state index is 0.0631. The molecule has 6 heteroatoms. The minimum absolute atomic E-state index is 0.0631. The van der Waals surface area contributed by atoms with Gasteiger partial charge in [0.15, 0.2) is 11.6 Å². The number of ether oxygens (including phenoxy) is 1. The Kier molecular flexibility index (Phi) is 4.30. The second kappa shape index (κ2) is 5.50. The highest BCUT2D eigenvalue weighted by atomic mass is 16.5. The summed E-state index contributed by atoms with van der Waals surface area (Å²) in [5.41, 5.74) is 5.65. The first kappa shape index (κ1) is 12.5. The lowest BCUT2D eigenvalue weighted by atomic mass is 10.1. The van der Waals surface area contributed by atoms with Crippen molar-refractivity contribution in [1.29, 1.82) is 0 Å². The van der Waals surface area contributed by atoms with Gasteiger partial charge in [-0.25, -0.2) is 9.97 Å². The summed E-state index contributed by atoms with van der Waals surface area (Å²) in [5, 5.41) is 12.2. The van der Waals surface area contributed by atoms with Crippen LogP contribution in [0, 0.1) is 5.92 Å². The van der Waals surface area contributed by atoms with Crippen molar-refractivity contribution in [3.63, 3.8) is 0 Å². The van der Waals surface area contributed by atoms with Gasteiger partial charge >= 0.3 is 0 Å². The summed E-state index contributed by atoms with van der Waals surface area (Å²) >= 11 is 0. The third-order valence-corrected chi connectivity index (χ3v) is 2.54. The molecule has 0 aliphatic heterocycles. The van der Waals surface area contributed by atoms with Crippen molar-refractivity contribution in [2.24, 2.45) is 5.92 Å². The predicted octanol–water partition coefficient (Wildman–Crippen LogP) is 0.496. The molecule has 0 bridgehead atoms. The summed E-state index contributed by atoms with van der Waals surface area (Å²) in [5.74, 6) is 1.38. The fraction of sp³-hybridized carbons (Fsp3) is 0.600. The van der Waals surface area contributed by atoms with Gasteiger partial charge in [0.05, 0.1) is 7.11 Å². The first-order valence-electron chi connectivity index (χ1n) is 5.12. The van der Waals surface area contributed by atoms with Crippen molar-refractivity contribution in [1.82, 2.24) is 9.97 Å². The van der Waals surface area contributed by atoms with E-state index in [1.165, 1.54) is 13.4 Å². The maximum atomic E-state index is 9.04. The van der Waals surface area contributed by atoms with Crippen LogP contribution in [0.4, 0.5) is 11.6 Å². The predicted molar refractivity (Wildman–Crippen MR) is 62.3 cm³/mol. The van der Waals surface area contributed by atoms with Gasteiger partial charge in [-0.1, -0.05) is 6.92 Å². The van der Waals surface area contributed by atoms with Gasteiger partial charge in [-0.3, -0.25) is 0 Å². The van der Waals surface area contributed by atoms with E-state index < -0.39 is 0 Å². The molecule has 1 aromatic rings. The summed E-state index contributed by atoms with van der Waals surface area (Å²) in [7, 11) is 1.51. The summed E-state index contributed by atoms with van der Waals surface area (Å²) in [6.07, 6.45) is 1.37. The topological polar surface area (TPSA) is 93.3 Å². The number of nitrogens with one attached hydrogen (secondary N) is 1. The highest BCUT2D eigenvalue weighted by molar-refractivity contribution is 5.61. The van der Waals surface area contributed by atoms with Gasteiger partial charge in [0.1, 0.15) is 6.33 Å². The van der Waals surface area contributed by atoms with Crippen molar-refractivity contribution in [3.05, 3.63) is 6.33 Å².